The van der Waals surface area contributed by atoms with Gasteiger partial charge in [0.1, 0.15) is 0 Å². The fourth-order valence-electron chi connectivity index (χ4n) is 1.31. The molecule has 0 amide bonds. The minimum absolute atomic E-state index is 0.00125. The van der Waals surface area contributed by atoms with E-state index in [2.05, 4.69) is 26.0 Å². The number of carboxylic acid groups (broad SMARTS) is 1. The molecule has 16 heavy (non-hydrogen) atoms. The summed E-state index contributed by atoms with van der Waals surface area (Å²) in [6.07, 6.45) is 3.42. The minimum Gasteiger partial charge on any atom is -0.476 e. The molecule has 0 aliphatic rings. The van der Waals surface area contributed by atoms with Crippen LogP contribution in [0.15, 0.2) is 29.0 Å². The van der Waals surface area contributed by atoms with E-state index < -0.39 is 5.97 Å². The van der Waals surface area contributed by atoms with Crippen molar-refractivity contribution in [1.82, 2.24) is 14.8 Å². The van der Waals surface area contributed by atoms with E-state index >= 15 is 0 Å². The van der Waals surface area contributed by atoms with Crippen molar-refractivity contribution in [3.05, 3.63) is 34.7 Å². The molecule has 0 radical (unpaired) electrons. The Kier molecular flexibility index (Phi) is 2.74. The maximum atomic E-state index is 10.9. The first-order valence-corrected chi connectivity index (χ1v) is 5.26. The molecule has 0 spiro atoms. The number of rotatable bonds is 2. The number of pyridine rings is 1. The van der Waals surface area contributed by atoms with Gasteiger partial charge in [0.2, 0.25) is 0 Å². The molecule has 2 aromatic rings. The summed E-state index contributed by atoms with van der Waals surface area (Å²) in [6, 6.07) is 3.41. The Balaban J connectivity index is 2.51. The number of halogens is 1. The third-order valence-corrected chi connectivity index (χ3v) is 2.69. The molecule has 5 nitrogen and oxygen atoms in total. The zero-order valence-corrected chi connectivity index (χ0v) is 9.97. The second kappa shape index (κ2) is 4.05. The molecule has 2 rings (SSSR count). The lowest BCUT2D eigenvalue weighted by Gasteiger charge is -2.01. The molecule has 0 saturated heterocycles. The molecule has 0 unspecified atom stereocenters. The molecule has 0 bridgehead atoms. The lowest BCUT2D eigenvalue weighted by molar-refractivity contribution is 0.0689. The third-order valence-electron chi connectivity index (χ3n) is 2.05. The fourth-order valence-corrected chi connectivity index (χ4v) is 1.70. The second-order valence-electron chi connectivity index (χ2n) is 3.23. The SMILES string of the molecule is Cn1cc(-c2ccc(Br)c(C(=O)O)n2)cn1. The van der Waals surface area contributed by atoms with Gasteiger partial charge in [0.05, 0.1) is 16.4 Å². The van der Waals surface area contributed by atoms with Gasteiger partial charge < -0.3 is 5.11 Å². The van der Waals surface area contributed by atoms with Gasteiger partial charge in [-0.3, -0.25) is 4.68 Å². The van der Waals surface area contributed by atoms with Crippen molar-refractivity contribution in [3.63, 3.8) is 0 Å². The van der Waals surface area contributed by atoms with Crippen LogP contribution in [0.3, 0.4) is 0 Å². The first-order chi connectivity index (χ1) is 7.58. The number of carboxylic acids is 1. The Morgan fingerprint density at radius 2 is 2.25 bits per heavy atom. The number of hydrogen-bond acceptors (Lipinski definition) is 3. The van der Waals surface area contributed by atoms with E-state index in [0.717, 1.165) is 5.56 Å². The van der Waals surface area contributed by atoms with E-state index in [1.54, 1.807) is 36.3 Å². The van der Waals surface area contributed by atoms with Gasteiger partial charge in [0.25, 0.3) is 0 Å². The zero-order chi connectivity index (χ0) is 11.7. The van der Waals surface area contributed by atoms with E-state index in [0.29, 0.717) is 10.2 Å². The van der Waals surface area contributed by atoms with Crippen LogP contribution in [0, 0.1) is 0 Å². The molecule has 1 N–H and O–H groups in total. The van der Waals surface area contributed by atoms with E-state index in [1.165, 1.54) is 0 Å². The molecule has 2 aromatic heterocycles. The van der Waals surface area contributed by atoms with Gasteiger partial charge in [-0.2, -0.15) is 5.10 Å². The van der Waals surface area contributed by atoms with E-state index in [1.807, 2.05) is 0 Å². The van der Waals surface area contributed by atoms with Gasteiger partial charge >= 0.3 is 5.97 Å². The smallest absolute Gasteiger partial charge is 0.355 e. The minimum atomic E-state index is -1.06. The molecule has 6 heteroatoms. The fraction of sp³-hybridized carbons (Fsp3) is 0.100. The van der Waals surface area contributed by atoms with E-state index in [4.69, 9.17) is 5.11 Å². The molecule has 82 valence electrons. The summed E-state index contributed by atoms with van der Waals surface area (Å²) in [5, 5.41) is 12.9. The van der Waals surface area contributed by atoms with Crippen LogP contribution in [-0.2, 0) is 7.05 Å². The Labute approximate surface area is 99.9 Å². The topological polar surface area (TPSA) is 68.0 Å². The van der Waals surface area contributed by atoms with Gasteiger partial charge in [-0.25, -0.2) is 9.78 Å². The average Bonchev–Trinajstić information content (AvgIpc) is 2.65. The zero-order valence-electron chi connectivity index (χ0n) is 8.38. The van der Waals surface area contributed by atoms with Gasteiger partial charge in [0, 0.05) is 18.8 Å². The van der Waals surface area contributed by atoms with Gasteiger partial charge in [0.15, 0.2) is 5.69 Å². The van der Waals surface area contributed by atoms with Crippen LogP contribution in [0.1, 0.15) is 10.5 Å². The van der Waals surface area contributed by atoms with Crippen molar-refractivity contribution < 1.29 is 9.90 Å². The maximum Gasteiger partial charge on any atom is 0.355 e. The summed E-state index contributed by atoms with van der Waals surface area (Å²) >= 11 is 3.14. The predicted octanol–water partition coefficient (Wildman–Crippen LogP) is 1.94. The Bertz CT molecular complexity index is 551. The molecule has 0 aliphatic carbocycles. The molecule has 0 fully saturated rings. The van der Waals surface area contributed by atoms with Gasteiger partial charge in [-0.1, -0.05) is 0 Å². The van der Waals surface area contributed by atoms with Crippen molar-refractivity contribution in [1.29, 1.82) is 0 Å². The highest BCUT2D eigenvalue weighted by Crippen LogP contribution is 2.21. The van der Waals surface area contributed by atoms with Crippen LogP contribution in [0.25, 0.3) is 11.3 Å². The van der Waals surface area contributed by atoms with E-state index in [-0.39, 0.29) is 5.69 Å². The van der Waals surface area contributed by atoms with Crippen molar-refractivity contribution >= 4 is 21.9 Å². The summed E-state index contributed by atoms with van der Waals surface area (Å²) in [6.45, 7) is 0. The number of aromatic carboxylic acids is 1. The summed E-state index contributed by atoms with van der Waals surface area (Å²) in [7, 11) is 1.79. The number of aryl methyl sites for hydroxylation is 1. The Morgan fingerprint density at radius 3 is 2.81 bits per heavy atom. The largest absolute Gasteiger partial charge is 0.476 e. The van der Waals surface area contributed by atoms with Crippen LogP contribution >= 0.6 is 15.9 Å². The van der Waals surface area contributed by atoms with Crippen molar-refractivity contribution in [2.75, 3.05) is 0 Å². The van der Waals surface area contributed by atoms with Crippen molar-refractivity contribution in [2.45, 2.75) is 0 Å². The van der Waals surface area contributed by atoms with Crippen LogP contribution < -0.4 is 0 Å². The van der Waals surface area contributed by atoms with Crippen LogP contribution in [0.4, 0.5) is 0 Å². The highest BCUT2D eigenvalue weighted by atomic mass is 79.9. The summed E-state index contributed by atoms with van der Waals surface area (Å²) < 4.78 is 2.10. The van der Waals surface area contributed by atoms with Gasteiger partial charge in [-0.05, 0) is 28.1 Å². The molecule has 0 aromatic carbocycles. The summed E-state index contributed by atoms with van der Waals surface area (Å²) in [5.41, 5.74) is 1.38. The monoisotopic (exact) mass is 281 g/mol. The predicted molar refractivity (Wildman–Crippen MR) is 61.1 cm³/mol. The molecule has 0 saturated carbocycles. The Hall–Kier alpha value is -1.69. The summed E-state index contributed by atoms with van der Waals surface area (Å²) in [5.74, 6) is -1.06. The lowest BCUT2D eigenvalue weighted by Crippen LogP contribution is -2.02. The molecular formula is C10H8BrN3O2. The number of hydrogen-bond donors (Lipinski definition) is 1. The highest BCUT2D eigenvalue weighted by molar-refractivity contribution is 9.10. The second-order valence-corrected chi connectivity index (χ2v) is 4.09. The Morgan fingerprint density at radius 1 is 1.50 bits per heavy atom. The number of nitrogens with zero attached hydrogens (tertiary/aromatic N) is 3. The molecule has 0 atom stereocenters. The average molecular weight is 282 g/mol. The van der Waals surface area contributed by atoms with Crippen molar-refractivity contribution in [3.8, 4) is 11.3 Å². The normalized spacial score (nSPS) is 10.4. The van der Waals surface area contributed by atoms with Crippen LogP contribution in [-0.4, -0.2) is 25.8 Å². The quantitative estimate of drug-likeness (QED) is 0.914. The van der Waals surface area contributed by atoms with Crippen LogP contribution in [0.2, 0.25) is 0 Å². The molecule has 0 aliphatic heterocycles. The third kappa shape index (κ3) is 1.96. The summed E-state index contributed by atoms with van der Waals surface area (Å²) in [4.78, 5) is 15.0. The maximum absolute atomic E-state index is 10.9. The lowest BCUT2D eigenvalue weighted by atomic mass is 10.2. The number of aromatic nitrogens is 3. The first kappa shape index (κ1) is 10.8. The van der Waals surface area contributed by atoms with Crippen molar-refractivity contribution in [2.24, 2.45) is 7.05 Å². The first-order valence-electron chi connectivity index (χ1n) is 4.47. The highest BCUT2D eigenvalue weighted by Gasteiger charge is 2.12. The van der Waals surface area contributed by atoms with Crippen LogP contribution in [0.5, 0.6) is 0 Å². The van der Waals surface area contributed by atoms with E-state index in [9.17, 15) is 4.79 Å². The molecule has 2 heterocycles. The number of carbonyl (C=O) groups is 1. The van der Waals surface area contributed by atoms with Gasteiger partial charge in [-0.15, -0.1) is 0 Å². The molecular weight excluding hydrogens is 274 g/mol. The standard InChI is InChI=1S/C10H8BrN3O2/c1-14-5-6(4-12-14)8-3-2-7(11)9(13-8)10(15)16/h2-5H,1H3,(H,15,16).